The highest BCUT2D eigenvalue weighted by Gasteiger charge is 1.73. The Bertz CT molecular complexity index is 76.6. The first-order valence-electron chi connectivity index (χ1n) is 1.12. The van der Waals surface area contributed by atoms with Crippen LogP contribution in [-0.2, 0) is 15.9 Å². The topological polar surface area (TPSA) is 17.1 Å². The Morgan fingerprint density at radius 2 is 2.40 bits per heavy atom. The molecular formula is C3H3OS+. The summed E-state index contributed by atoms with van der Waals surface area (Å²) < 4.78 is 9.27. The van der Waals surface area contributed by atoms with Gasteiger partial charge in [0.1, 0.15) is 0 Å². The van der Waals surface area contributed by atoms with Gasteiger partial charge in [0, 0.05) is 6.92 Å². The van der Waals surface area contributed by atoms with Crippen molar-refractivity contribution in [3.05, 3.63) is 0 Å². The van der Waals surface area contributed by atoms with E-state index in [0.717, 1.165) is 0 Å². The lowest BCUT2D eigenvalue weighted by Gasteiger charge is -1.24. The van der Waals surface area contributed by atoms with Crippen LogP contribution in [0.4, 0.5) is 0 Å². The van der Waals surface area contributed by atoms with E-state index in [0.29, 0.717) is 11.7 Å². The average Bonchev–Trinajstić information content (AvgIpc) is 1.41. The first-order chi connectivity index (χ1) is 2.41. The standard InChI is InChI=1S/C3H3OS/c1-2-3-5-4/h1H3/q+1. The molecule has 0 amide bonds. The smallest absolute Gasteiger partial charge is 0.0343 e. The lowest BCUT2D eigenvalue weighted by molar-refractivity contribution is 0.609. The van der Waals surface area contributed by atoms with Gasteiger partial charge in [-0.3, -0.25) is 0 Å². The van der Waals surface area contributed by atoms with Gasteiger partial charge in [-0.05, 0) is 5.92 Å². The van der Waals surface area contributed by atoms with Crippen molar-refractivity contribution < 1.29 is 4.21 Å². The first-order valence-corrected chi connectivity index (χ1v) is 1.86. The van der Waals surface area contributed by atoms with Gasteiger partial charge in [0.15, 0.2) is 0 Å². The van der Waals surface area contributed by atoms with Gasteiger partial charge in [-0.15, -0.1) is 0 Å². The molecule has 0 bridgehead atoms. The van der Waals surface area contributed by atoms with Gasteiger partial charge in [0.05, 0.1) is 4.21 Å². The van der Waals surface area contributed by atoms with E-state index in [4.69, 9.17) is 0 Å². The molecule has 0 aliphatic carbocycles. The van der Waals surface area contributed by atoms with Crippen molar-refractivity contribution in [2.75, 3.05) is 0 Å². The molecular weight excluding hydrogens is 84.1 g/mol. The number of hydrogen-bond acceptors (Lipinski definition) is 1. The van der Waals surface area contributed by atoms with Gasteiger partial charge in [-0.2, -0.15) is 0 Å². The van der Waals surface area contributed by atoms with Crippen LogP contribution in [0.2, 0.25) is 0 Å². The summed E-state index contributed by atoms with van der Waals surface area (Å²) in [6.07, 6.45) is 0. The predicted octanol–water partition coefficient (Wildman–Crippen LogP) is 0.395. The van der Waals surface area contributed by atoms with Crippen molar-refractivity contribution in [3.63, 3.8) is 0 Å². The molecule has 0 saturated heterocycles. The van der Waals surface area contributed by atoms with E-state index in [2.05, 4.69) is 11.2 Å². The second-order valence-corrected chi connectivity index (χ2v) is 0.806. The molecule has 0 unspecified atom stereocenters. The van der Waals surface area contributed by atoms with Crippen LogP contribution in [0.25, 0.3) is 0 Å². The van der Waals surface area contributed by atoms with Crippen LogP contribution >= 0.6 is 0 Å². The summed E-state index contributed by atoms with van der Waals surface area (Å²) in [5.74, 6) is 2.42. The summed E-state index contributed by atoms with van der Waals surface area (Å²) in [5, 5.41) is 2.22. The van der Waals surface area contributed by atoms with E-state index in [1.54, 1.807) is 6.92 Å². The fraction of sp³-hybridized carbons (Fsp3) is 0.333. The average molecular weight is 87.1 g/mol. The van der Waals surface area contributed by atoms with E-state index >= 15 is 0 Å². The van der Waals surface area contributed by atoms with Crippen molar-refractivity contribution in [1.82, 2.24) is 0 Å². The van der Waals surface area contributed by atoms with E-state index in [1.165, 1.54) is 0 Å². The fourth-order valence-electron chi connectivity index (χ4n) is 0.0417. The Balaban J connectivity index is 3.16. The zero-order chi connectivity index (χ0) is 4.12. The molecule has 2 heteroatoms. The summed E-state index contributed by atoms with van der Waals surface area (Å²) in [4.78, 5) is 0. The molecule has 5 heavy (non-hydrogen) atoms. The zero-order valence-corrected chi connectivity index (χ0v) is 3.63. The monoisotopic (exact) mass is 87.0 g/mol. The Hall–Kier alpha value is -0.420. The van der Waals surface area contributed by atoms with Gasteiger partial charge < -0.3 is 0 Å². The second-order valence-electron chi connectivity index (χ2n) is 0.435. The van der Waals surface area contributed by atoms with E-state index < -0.39 is 0 Å². The van der Waals surface area contributed by atoms with Crippen molar-refractivity contribution in [2.45, 2.75) is 6.92 Å². The van der Waals surface area contributed by atoms with Crippen molar-refractivity contribution >= 4 is 11.7 Å². The van der Waals surface area contributed by atoms with Crippen LogP contribution < -0.4 is 0 Å². The summed E-state index contributed by atoms with van der Waals surface area (Å²) in [6.45, 7) is 1.63. The maximum atomic E-state index is 9.27. The van der Waals surface area contributed by atoms with E-state index in [9.17, 15) is 4.21 Å². The van der Waals surface area contributed by atoms with Gasteiger partial charge in [-0.1, -0.05) is 0 Å². The van der Waals surface area contributed by atoms with Gasteiger partial charge in [0.25, 0.3) is 5.25 Å². The van der Waals surface area contributed by atoms with Crippen molar-refractivity contribution in [2.24, 2.45) is 0 Å². The molecule has 0 heterocycles. The van der Waals surface area contributed by atoms with Gasteiger partial charge in [0.2, 0.25) is 0 Å². The van der Waals surface area contributed by atoms with Crippen molar-refractivity contribution in [3.8, 4) is 11.2 Å². The van der Waals surface area contributed by atoms with Crippen molar-refractivity contribution in [1.29, 1.82) is 0 Å². The molecule has 0 atom stereocenters. The lowest BCUT2D eigenvalue weighted by atomic mass is 10.9. The SMILES string of the molecule is CC#C[S+]=O. The second kappa shape index (κ2) is 3.58. The quantitative estimate of drug-likeness (QED) is 0.308. The minimum absolute atomic E-state index is 0.291. The third kappa shape index (κ3) is 3.58. The molecule has 0 aliphatic heterocycles. The van der Waals surface area contributed by atoms with Gasteiger partial charge >= 0.3 is 11.7 Å². The molecule has 1 nitrogen and oxygen atoms in total. The summed E-state index contributed by atoms with van der Waals surface area (Å²) in [6, 6.07) is 0. The van der Waals surface area contributed by atoms with Crippen LogP contribution in [-0.4, -0.2) is 0 Å². The Morgan fingerprint density at radius 3 is 2.40 bits per heavy atom. The van der Waals surface area contributed by atoms with E-state index in [-0.39, 0.29) is 0 Å². The molecule has 0 aromatic rings. The molecule has 0 N–H and O–H groups in total. The zero-order valence-electron chi connectivity index (χ0n) is 2.82. The number of rotatable bonds is 0. The minimum Gasteiger partial charge on any atom is -0.0343 e. The molecule has 0 spiro atoms. The molecule has 26 valence electrons. The molecule has 0 aromatic heterocycles. The predicted molar refractivity (Wildman–Crippen MR) is 21.5 cm³/mol. The Kier molecular flexibility index (Phi) is 3.28. The molecule has 0 radical (unpaired) electrons. The minimum atomic E-state index is 0.291. The molecule has 0 rings (SSSR count). The first kappa shape index (κ1) is 4.58. The lowest BCUT2D eigenvalue weighted by Crippen LogP contribution is -1.41. The molecule has 0 aromatic carbocycles. The highest BCUT2D eigenvalue weighted by molar-refractivity contribution is 7.70. The van der Waals surface area contributed by atoms with Crippen LogP contribution in [0.5, 0.6) is 0 Å². The highest BCUT2D eigenvalue weighted by atomic mass is 32.1. The van der Waals surface area contributed by atoms with Crippen LogP contribution in [0.1, 0.15) is 6.92 Å². The summed E-state index contributed by atoms with van der Waals surface area (Å²) in [5.41, 5.74) is 0. The maximum Gasteiger partial charge on any atom is 0.568 e. The Morgan fingerprint density at radius 1 is 1.80 bits per heavy atom. The molecule has 0 fully saturated rings. The van der Waals surface area contributed by atoms with Crippen LogP contribution in [0.3, 0.4) is 0 Å². The number of hydrogen-bond donors (Lipinski definition) is 0. The summed E-state index contributed by atoms with van der Waals surface area (Å²) in [7, 11) is 0. The highest BCUT2D eigenvalue weighted by Crippen LogP contribution is 1.43. The normalized spacial score (nSPS) is 4.20. The van der Waals surface area contributed by atoms with Crippen LogP contribution in [0.15, 0.2) is 0 Å². The molecule has 0 saturated carbocycles. The largest absolute Gasteiger partial charge is 0.568 e. The van der Waals surface area contributed by atoms with Crippen LogP contribution in [0, 0.1) is 11.2 Å². The third-order valence-corrected chi connectivity index (χ3v) is 0.431. The summed E-state index contributed by atoms with van der Waals surface area (Å²) >= 11 is 0.291. The molecule has 0 aliphatic rings. The van der Waals surface area contributed by atoms with E-state index in [1.807, 2.05) is 0 Å². The fourth-order valence-corrected chi connectivity index (χ4v) is 0.125. The third-order valence-electron chi connectivity index (χ3n) is 0.144. The maximum absolute atomic E-state index is 9.27. The van der Waals surface area contributed by atoms with Gasteiger partial charge in [-0.25, -0.2) is 0 Å². The Labute approximate surface area is 34.9 Å².